The van der Waals surface area contributed by atoms with Gasteiger partial charge in [-0.1, -0.05) is 12.1 Å². The topological polar surface area (TPSA) is 66.3 Å². The van der Waals surface area contributed by atoms with Crippen LogP contribution in [0.3, 0.4) is 0 Å². The van der Waals surface area contributed by atoms with Crippen molar-refractivity contribution in [2.24, 2.45) is 7.05 Å². The minimum absolute atomic E-state index is 0.105. The molecule has 0 radical (unpaired) electrons. The molecule has 1 aliphatic heterocycles. The van der Waals surface area contributed by atoms with Gasteiger partial charge in [-0.2, -0.15) is 24.5 Å². The second kappa shape index (κ2) is 12.1. The Kier molecular flexibility index (Phi) is 8.28. The number of amides is 1. The fourth-order valence-corrected chi connectivity index (χ4v) is 6.25. The van der Waals surface area contributed by atoms with E-state index in [1.165, 1.54) is 6.07 Å². The molecule has 0 unspecified atom stereocenters. The Morgan fingerprint density at radius 2 is 1.77 bits per heavy atom. The van der Waals surface area contributed by atoms with Crippen molar-refractivity contribution in [3.63, 3.8) is 0 Å². The molecule has 4 heterocycles. The number of piperazine rings is 1. The van der Waals surface area contributed by atoms with Gasteiger partial charge in [0.15, 0.2) is 5.82 Å². The summed E-state index contributed by atoms with van der Waals surface area (Å²) in [6.07, 6.45) is -2.13. The summed E-state index contributed by atoms with van der Waals surface area (Å²) in [5.41, 5.74) is 5.34. The second-order valence-corrected chi connectivity index (χ2v) is 12.2. The molecule has 0 saturated carbocycles. The van der Waals surface area contributed by atoms with Crippen molar-refractivity contribution in [2.45, 2.75) is 26.1 Å². The number of nitrogens with one attached hydrogen (secondary N) is 1. The van der Waals surface area contributed by atoms with Gasteiger partial charge in [0.1, 0.15) is 0 Å². The smallest absolute Gasteiger partial charge is 0.348 e. The summed E-state index contributed by atoms with van der Waals surface area (Å²) in [6, 6.07) is 13.3. The zero-order valence-corrected chi connectivity index (χ0v) is 25.6. The largest absolute Gasteiger partial charge is 0.416 e. The lowest BCUT2D eigenvalue weighted by atomic mass is 9.99. The predicted octanol–water partition coefficient (Wildman–Crippen LogP) is 6.61. The first-order valence-electron chi connectivity index (χ1n) is 14.4. The van der Waals surface area contributed by atoms with Crippen molar-refractivity contribution in [3.05, 3.63) is 99.0 Å². The molecule has 0 spiro atoms. The van der Waals surface area contributed by atoms with Crippen LogP contribution in [-0.4, -0.2) is 63.5 Å². The minimum atomic E-state index is -4.54. The highest BCUT2D eigenvalue weighted by Gasteiger charge is 2.34. The van der Waals surface area contributed by atoms with Crippen LogP contribution in [0.15, 0.2) is 65.5 Å². The van der Waals surface area contributed by atoms with E-state index < -0.39 is 17.6 Å². The first-order chi connectivity index (χ1) is 21.0. The summed E-state index contributed by atoms with van der Waals surface area (Å²) in [5, 5.41) is 6.68. The van der Waals surface area contributed by atoms with Crippen molar-refractivity contribution in [1.29, 1.82) is 0 Å². The molecule has 0 bridgehead atoms. The Labute approximate surface area is 258 Å². The van der Waals surface area contributed by atoms with Crippen LogP contribution in [0.4, 0.5) is 18.9 Å². The molecule has 0 aliphatic carbocycles. The van der Waals surface area contributed by atoms with E-state index in [1.807, 2.05) is 65.6 Å². The van der Waals surface area contributed by atoms with E-state index in [-0.39, 0.29) is 17.8 Å². The van der Waals surface area contributed by atoms with Crippen LogP contribution in [0.2, 0.25) is 0 Å². The molecular weight excluding hydrogens is 585 g/mol. The lowest BCUT2D eigenvalue weighted by Crippen LogP contribution is -2.44. The number of likely N-dealkylation sites (N-methyl/N-ethyl adjacent to an activating group) is 1. The number of carbonyl (C=O) groups is 1. The number of benzene rings is 2. The van der Waals surface area contributed by atoms with Gasteiger partial charge in [0.2, 0.25) is 0 Å². The van der Waals surface area contributed by atoms with Crippen molar-refractivity contribution >= 4 is 34.0 Å². The quantitative estimate of drug-likeness (QED) is 0.222. The van der Waals surface area contributed by atoms with E-state index in [9.17, 15) is 18.0 Å². The third-order valence-electron chi connectivity index (χ3n) is 8.20. The third-order valence-corrected chi connectivity index (χ3v) is 8.89. The maximum Gasteiger partial charge on any atom is 0.416 e. The molecule has 6 rings (SSSR count). The zero-order valence-electron chi connectivity index (χ0n) is 24.8. The Morgan fingerprint density at radius 3 is 2.50 bits per heavy atom. The highest BCUT2D eigenvalue weighted by molar-refractivity contribution is 7.08. The summed E-state index contributed by atoms with van der Waals surface area (Å²) >= 11 is 1.58. The summed E-state index contributed by atoms with van der Waals surface area (Å²) in [4.78, 5) is 27.2. The molecule has 7 nitrogen and oxygen atoms in total. The van der Waals surface area contributed by atoms with Gasteiger partial charge in [0.25, 0.3) is 5.91 Å². The van der Waals surface area contributed by atoms with Crippen LogP contribution in [0, 0.1) is 6.92 Å². The van der Waals surface area contributed by atoms with Gasteiger partial charge in [-0.05, 0) is 72.4 Å². The maximum atomic E-state index is 14.1. The first-order valence-corrected chi connectivity index (χ1v) is 15.4. The standard InChI is InChI=1S/C33H33F3N6OS/c1-21-4-5-22(16-25(21)17-29-30-28(8-10-41(30)3)38-31(39-29)24-9-15-44-20-24)32(43)37-26-7-6-23(27(18-26)33(34,35)36)19-42-13-11-40(2)12-14-42/h4-10,15-16,18,20H,11-14,17,19H2,1-3H3,(H,37,43). The summed E-state index contributed by atoms with van der Waals surface area (Å²) in [5.74, 6) is 0.167. The maximum absolute atomic E-state index is 14.1. The van der Waals surface area contributed by atoms with Crippen LogP contribution in [0.1, 0.15) is 38.3 Å². The zero-order chi connectivity index (χ0) is 31.0. The number of hydrogen-bond donors (Lipinski definition) is 1. The lowest BCUT2D eigenvalue weighted by Gasteiger charge is -2.33. The number of carbonyl (C=O) groups excluding carboxylic acids is 1. The Balaban J connectivity index is 1.25. The molecule has 44 heavy (non-hydrogen) atoms. The van der Waals surface area contributed by atoms with Gasteiger partial charge in [-0.15, -0.1) is 0 Å². The predicted molar refractivity (Wildman–Crippen MR) is 168 cm³/mol. The van der Waals surface area contributed by atoms with Gasteiger partial charge >= 0.3 is 6.18 Å². The van der Waals surface area contributed by atoms with Gasteiger partial charge in [-0.25, -0.2) is 9.97 Å². The molecule has 11 heteroatoms. The number of rotatable bonds is 7. The second-order valence-electron chi connectivity index (χ2n) is 11.4. The average molecular weight is 619 g/mol. The highest BCUT2D eigenvalue weighted by atomic mass is 32.1. The van der Waals surface area contributed by atoms with Crippen molar-refractivity contribution in [1.82, 2.24) is 24.3 Å². The fourth-order valence-electron chi connectivity index (χ4n) is 5.61. The monoisotopic (exact) mass is 618 g/mol. The minimum Gasteiger partial charge on any atom is -0.348 e. The van der Waals surface area contributed by atoms with E-state index in [1.54, 1.807) is 29.5 Å². The van der Waals surface area contributed by atoms with Gasteiger partial charge < -0.3 is 14.8 Å². The molecule has 3 aromatic heterocycles. The van der Waals surface area contributed by atoms with E-state index in [2.05, 4.69) is 10.2 Å². The number of thiophene rings is 1. The van der Waals surface area contributed by atoms with E-state index in [0.29, 0.717) is 30.9 Å². The molecule has 1 aliphatic rings. The molecule has 0 atom stereocenters. The molecule has 1 amide bonds. The Hall–Kier alpha value is -4.06. The van der Waals surface area contributed by atoms with Crippen LogP contribution in [-0.2, 0) is 26.2 Å². The van der Waals surface area contributed by atoms with Crippen molar-refractivity contribution in [2.75, 3.05) is 38.5 Å². The number of aryl methyl sites for hydroxylation is 2. The van der Waals surface area contributed by atoms with Crippen LogP contribution < -0.4 is 5.32 Å². The molecule has 228 valence electrons. The summed E-state index contributed by atoms with van der Waals surface area (Å²) < 4.78 is 44.3. The number of hydrogen-bond acceptors (Lipinski definition) is 6. The van der Waals surface area contributed by atoms with E-state index >= 15 is 0 Å². The average Bonchev–Trinajstić information content (AvgIpc) is 3.66. The molecule has 1 N–H and O–H groups in total. The van der Waals surface area contributed by atoms with Crippen molar-refractivity contribution in [3.8, 4) is 11.4 Å². The Morgan fingerprint density at radius 1 is 0.977 bits per heavy atom. The summed E-state index contributed by atoms with van der Waals surface area (Å²) in [6.45, 7) is 5.23. The van der Waals surface area contributed by atoms with Gasteiger partial charge in [0, 0.05) is 74.6 Å². The molecular formula is C33H33F3N6OS. The normalized spacial score (nSPS) is 14.8. The molecule has 1 fully saturated rings. The van der Waals surface area contributed by atoms with Crippen molar-refractivity contribution < 1.29 is 18.0 Å². The number of anilines is 1. The number of aromatic nitrogens is 3. The number of halogens is 3. The first kappa shape index (κ1) is 30.0. The van der Waals surface area contributed by atoms with E-state index in [4.69, 9.17) is 9.97 Å². The van der Waals surface area contributed by atoms with Crippen LogP contribution >= 0.6 is 11.3 Å². The van der Waals surface area contributed by atoms with Gasteiger partial charge in [-0.3, -0.25) is 9.69 Å². The van der Waals surface area contributed by atoms with E-state index in [0.717, 1.165) is 52.6 Å². The summed E-state index contributed by atoms with van der Waals surface area (Å²) in [7, 11) is 3.95. The number of nitrogens with zero attached hydrogens (tertiary/aromatic N) is 5. The van der Waals surface area contributed by atoms with Crippen LogP contribution in [0.25, 0.3) is 22.4 Å². The van der Waals surface area contributed by atoms with Crippen LogP contribution in [0.5, 0.6) is 0 Å². The Bertz CT molecular complexity index is 1810. The molecule has 1 saturated heterocycles. The lowest BCUT2D eigenvalue weighted by molar-refractivity contribution is -0.138. The SMILES string of the molecule is Cc1ccc(C(=O)Nc2ccc(CN3CCN(C)CC3)c(C(F)(F)F)c2)cc1Cc1nc(-c2ccsc2)nc2ccn(C)c12. The fraction of sp³-hybridized carbons (Fsp3) is 0.303. The highest BCUT2D eigenvalue weighted by Crippen LogP contribution is 2.35. The third kappa shape index (κ3) is 6.40. The molecule has 5 aromatic rings. The molecule has 2 aromatic carbocycles. The number of alkyl halides is 3. The number of fused-ring (bicyclic) bond motifs is 1. The van der Waals surface area contributed by atoms with Gasteiger partial charge in [0.05, 0.1) is 22.3 Å².